The van der Waals surface area contributed by atoms with Gasteiger partial charge in [0.05, 0.1) is 11.9 Å². The summed E-state index contributed by atoms with van der Waals surface area (Å²) in [6.07, 6.45) is 4.91. The van der Waals surface area contributed by atoms with Crippen molar-refractivity contribution in [3.05, 3.63) is 78.0 Å². The molecule has 5 rings (SSSR count). The molecule has 2 amide bonds. The van der Waals surface area contributed by atoms with E-state index in [1.165, 1.54) is 12.1 Å². The molecule has 1 aliphatic rings. The number of carbonyl (C=O) groups excluding carboxylic acids is 1. The van der Waals surface area contributed by atoms with E-state index in [9.17, 15) is 9.18 Å². The first-order chi connectivity index (χ1) is 17.9. The van der Waals surface area contributed by atoms with E-state index in [1.54, 1.807) is 42.9 Å². The van der Waals surface area contributed by atoms with Crippen LogP contribution in [0.5, 0.6) is 11.5 Å². The van der Waals surface area contributed by atoms with Gasteiger partial charge in [-0.05, 0) is 43.4 Å². The van der Waals surface area contributed by atoms with E-state index in [0.717, 1.165) is 37.4 Å². The molecule has 1 fully saturated rings. The zero-order valence-corrected chi connectivity index (χ0v) is 20.8. The summed E-state index contributed by atoms with van der Waals surface area (Å²) >= 11 is 6.30. The fourth-order valence-corrected chi connectivity index (χ4v) is 4.23. The van der Waals surface area contributed by atoms with Gasteiger partial charge in [0.2, 0.25) is 0 Å². The van der Waals surface area contributed by atoms with Gasteiger partial charge in [0.1, 0.15) is 5.75 Å². The van der Waals surface area contributed by atoms with E-state index in [4.69, 9.17) is 16.3 Å². The Bertz CT molecular complexity index is 1390. The number of pyridine rings is 1. The molecule has 190 valence electrons. The molecule has 9 nitrogen and oxygen atoms in total. The van der Waals surface area contributed by atoms with Crippen LogP contribution in [0, 0.1) is 5.82 Å². The molecule has 1 aliphatic heterocycles. The average molecular weight is 522 g/mol. The van der Waals surface area contributed by atoms with Crippen molar-refractivity contribution in [2.75, 3.05) is 48.8 Å². The minimum absolute atomic E-state index is 0.0157. The Kier molecular flexibility index (Phi) is 7.20. The molecule has 2 aromatic heterocycles. The zero-order valence-electron chi connectivity index (χ0n) is 20.0. The van der Waals surface area contributed by atoms with Crippen LogP contribution in [0.25, 0.3) is 11.3 Å². The van der Waals surface area contributed by atoms with Crippen molar-refractivity contribution in [2.45, 2.75) is 0 Å². The number of nitrogens with zero attached hydrogens (tertiary/aromatic N) is 4. The molecule has 37 heavy (non-hydrogen) atoms. The number of hydrogen-bond donors (Lipinski definition) is 3. The molecular formula is C26H25ClFN7O2. The highest BCUT2D eigenvalue weighted by atomic mass is 35.5. The first kappa shape index (κ1) is 24.5. The number of carbonyl (C=O) groups is 1. The molecule has 0 radical (unpaired) electrons. The van der Waals surface area contributed by atoms with Crippen molar-refractivity contribution in [2.24, 2.45) is 0 Å². The lowest BCUT2D eigenvalue weighted by atomic mass is 10.2. The molecule has 2 aromatic carbocycles. The summed E-state index contributed by atoms with van der Waals surface area (Å²) in [7, 11) is 2.09. The smallest absolute Gasteiger partial charge is 0.323 e. The topological polar surface area (TPSA) is 98.4 Å². The number of rotatable bonds is 6. The van der Waals surface area contributed by atoms with Crippen molar-refractivity contribution in [3.63, 3.8) is 0 Å². The lowest BCUT2D eigenvalue weighted by molar-refractivity contribution is 0.262. The Morgan fingerprint density at radius 1 is 1.05 bits per heavy atom. The Labute approximate surface area is 218 Å². The van der Waals surface area contributed by atoms with Crippen LogP contribution in [-0.4, -0.2) is 59.3 Å². The monoisotopic (exact) mass is 521 g/mol. The van der Waals surface area contributed by atoms with Crippen LogP contribution in [0.4, 0.5) is 26.2 Å². The normalized spacial score (nSPS) is 13.9. The quantitative estimate of drug-likeness (QED) is 0.312. The second-order valence-corrected chi connectivity index (χ2v) is 9.12. The summed E-state index contributed by atoms with van der Waals surface area (Å²) in [5, 5.41) is 12.6. The molecule has 0 bridgehead atoms. The first-order valence-corrected chi connectivity index (χ1v) is 12.1. The highest BCUT2D eigenvalue weighted by Crippen LogP contribution is 2.29. The van der Waals surface area contributed by atoms with Crippen LogP contribution in [0.3, 0.4) is 0 Å². The van der Waals surface area contributed by atoms with Crippen molar-refractivity contribution < 1.29 is 13.9 Å². The number of halogens is 2. The van der Waals surface area contributed by atoms with E-state index in [2.05, 4.69) is 42.7 Å². The van der Waals surface area contributed by atoms with E-state index < -0.39 is 11.8 Å². The maximum absolute atomic E-state index is 14.8. The Morgan fingerprint density at radius 2 is 1.86 bits per heavy atom. The fourth-order valence-electron chi connectivity index (χ4n) is 4.00. The third-order valence-corrected chi connectivity index (χ3v) is 6.17. The third kappa shape index (κ3) is 6.16. The number of piperazine rings is 1. The van der Waals surface area contributed by atoms with Gasteiger partial charge < -0.3 is 25.2 Å². The van der Waals surface area contributed by atoms with Crippen LogP contribution in [0.15, 0.2) is 67.1 Å². The van der Waals surface area contributed by atoms with E-state index in [0.29, 0.717) is 22.2 Å². The van der Waals surface area contributed by atoms with E-state index in [-0.39, 0.29) is 11.4 Å². The van der Waals surface area contributed by atoms with E-state index >= 15 is 0 Å². The largest absolute Gasteiger partial charge is 0.454 e. The molecule has 1 saturated heterocycles. The molecule has 3 N–H and O–H groups in total. The standard InChI is InChI=1S/C26H25ClFN7O2/c1-34-6-8-35(9-7-34)21-11-18(27)10-20(12-21)33-26(36)32-19-2-3-25(23(28)13-19)37-22-4-5-29-24(14-22)17-15-30-31-16-17/h2-5,10-16H,6-9H2,1H3,(H,30,31)(H2,32,33,36). The van der Waals surface area contributed by atoms with Crippen molar-refractivity contribution in [1.29, 1.82) is 0 Å². The number of aromatic amines is 1. The Hall–Kier alpha value is -4.15. The fraction of sp³-hybridized carbons (Fsp3) is 0.192. The lowest BCUT2D eigenvalue weighted by Gasteiger charge is -2.34. The summed E-state index contributed by atoms with van der Waals surface area (Å²) in [5.41, 5.74) is 3.18. The summed E-state index contributed by atoms with van der Waals surface area (Å²) in [6, 6.07) is 12.4. The zero-order chi connectivity index (χ0) is 25.8. The minimum Gasteiger partial charge on any atom is -0.454 e. The molecule has 0 spiro atoms. The molecule has 11 heteroatoms. The summed E-state index contributed by atoms with van der Waals surface area (Å²) in [4.78, 5) is 21.4. The second kappa shape index (κ2) is 10.9. The number of likely N-dealkylation sites (N-methyl/N-ethyl adjacent to an activating group) is 1. The Balaban J connectivity index is 1.22. The van der Waals surface area contributed by atoms with Gasteiger partial charge >= 0.3 is 6.03 Å². The van der Waals surface area contributed by atoms with Crippen molar-refractivity contribution in [3.8, 4) is 22.8 Å². The van der Waals surface area contributed by atoms with Gasteiger partial charge in [-0.2, -0.15) is 5.10 Å². The van der Waals surface area contributed by atoms with Crippen LogP contribution in [0.2, 0.25) is 5.02 Å². The number of H-pyrrole nitrogens is 1. The number of benzene rings is 2. The number of urea groups is 1. The Morgan fingerprint density at radius 3 is 2.62 bits per heavy atom. The molecule has 0 aliphatic carbocycles. The molecule has 3 heterocycles. The SMILES string of the molecule is CN1CCN(c2cc(Cl)cc(NC(=O)Nc3ccc(Oc4ccnc(-c5cn[nH]c5)c4)c(F)c3)c2)CC1. The summed E-state index contributed by atoms with van der Waals surface area (Å²) < 4.78 is 20.5. The van der Waals surface area contributed by atoms with Crippen LogP contribution in [-0.2, 0) is 0 Å². The van der Waals surface area contributed by atoms with Crippen LogP contribution >= 0.6 is 11.6 Å². The van der Waals surface area contributed by atoms with Crippen molar-refractivity contribution >= 4 is 34.7 Å². The predicted molar refractivity (Wildman–Crippen MR) is 142 cm³/mol. The summed E-state index contributed by atoms with van der Waals surface area (Å²) in [6.45, 7) is 3.65. The molecule has 0 atom stereocenters. The number of aromatic nitrogens is 3. The molecule has 4 aromatic rings. The molecule has 0 unspecified atom stereocenters. The average Bonchev–Trinajstić information content (AvgIpc) is 3.41. The number of amides is 2. The second-order valence-electron chi connectivity index (χ2n) is 8.68. The van der Waals surface area contributed by atoms with Gasteiger partial charge in [-0.25, -0.2) is 9.18 Å². The highest BCUT2D eigenvalue weighted by molar-refractivity contribution is 6.31. The van der Waals surface area contributed by atoms with Gasteiger partial charge in [-0.3, -0.25) is 10.1 Å². The number of anilines is 3. The maximum atomic E-state index is 14.8. The van der Waals surface area contributed by atoms with E-state index in [1.807, 2.05) is 12.1 Å². The lowest BCUT2D eigenvalue weighted by Crippen LogP contribution is -2.44. The maximum Gasteiger partial charge on any atom is 0.323 e. The van der Waals surface area contributed by atoms with Gasteiger partial charge in [0.15, 0.2) is 11.6 Å². The number of ether oxygens (including phenoxy) is 1. The van der Waals surface area contributed by atoms with Crippen molar-refractivity contribution in [1.82, 2.24) is 20.1 Å². The van der Waals surface area contributed by atoms with Gasteiger partial charge in [0, 0.05) is 78.4 Å². The van der Waals surface area contributed by atoms with Gasteiger partial charge in [-0.1, -0.05) is 11.6 Å². The van der Waals surface area contributed by atoms with Crippen LogP contribution < -0.4 is 20.3 Å². The molecule has 0 saturated carbocycles. The number of nitrogens with one attached hydrogen (secondary N) is 3. The third-order valence-electron chi connectivity index (χ3n) is 5.95. The van der Waals surface area contributed by atoms with Crippen LogP contribution in [0.1, 0.15) is 0 Å². The van der Waals surface area contributed by atoms with Gasteiger partial charge in [-0.15, -0.1) is 0 Å². The first-order valence-electron chi connectivity index (χ1n) is 11.7. The highest BCUT2D eigenvalue weighted by Gasteiger charge is 2.16. The predicted octanol–water partition coefficient (Wildman–Crippen LogP) is 5.45. The summed E-state index contributed by atoms with van der Waals surface area (Å²) in [5.74, 6) is -0.192. The number of hydrogen-bond acceptors (Lipinski definition) is 6. The minimum atomic E-state index is -0.625. The molecular weight excluding hydrogens is 497 g/mol. The van der Waals surface area contributed by atoms with Gasteiger partial charge in [0.25, 0.3) is 0 Å².